The van der Waals surface area contributed by atoms with Gasteiger partial charge in [-0.15, -0.1) is 0 Å². The van der Waals surface area contributed by atoms with Gasteiger partial charge in [-0.2, -0.15) is 0 Å². The molecule has 0 saturated heterocycles. The summed E-state index contributed by atoms with van der Waals surface area (Å²) >= 11 is 0. The lowest BCUT2D eigenvalue weighted by molar-refractivity contribution is 0.747. The summed E-state index contributed by atoms with van der Waals surface area (Å²) < 4.78 is 0. The smallest absolute Gasteiger partial charge is 0.133 e. The summed E-state index contributed by atoms with van der Waals surface area (Å²) in [6, 6.07) is 15.0. The predicted octanol–water partition coefficient (Wildman–Crippen LogP) is 2.62. The Bertz CT molecular complexity index is 565. The molecule has 1 aromatic heterocycles. The third-order valence-electron chi connectivity index (χ3n) is 3.46. The molecule has 2 aromatic rings. The first-order valence-corrected chi connectivity index (χ1v) is 6.32. The maximum Gasteiger partial charge on any atom is 0.133 e. The fourth-order valence-corrected chi connectivity index (χ4v) is 2.63. The van der Waals surface area contributed by atoms with Crippen molar-refractivity contribution in [3.8, 4) is 0 Å². The molecule has 1 aliphatic heterocycles. The van der Waals surface area contributed by atoms with E-state index in [0.29, 0.717) is 12.6 Å². The SMILES string of the molecule is CC1Cc2ccccc2N1c1cccc(CN)n1. The van der Waals surface area contributed by atoms with Crippen LogP contribution in [-0.4, -0.2) is 11.0 Å². The number of anilines is 2. The molecule has 1 atom stereocenters. The molecule has 0 fully saturated rings. The number of pyridine rings is 1. The summed E-state index contributed by atoms with van der Waals surface area (Å²) in [5.74, 6) is 0.996. The Kier molecular flexibility index (Phi) is 2.76. The van der Waals surface area contributed by atoms with Gasteiger partial charge in [-0.1, -0.05) is 24.3 Å². The molecule has 0 aliphatic carbocycles. The van der Waals surface area contributed by atoms with E-state index in [9.17, 15) is 0 Å². The van der Waals surface area contributed by atoms with Gasteiger partial charge in [-0.3, -0.25) is 0 Å². The molecule has 1 aliphatic rings. The largest absolute Gasteiger partial charge is 0.325 e. The van der Waals surface area contributed by atoms with Gasteiger partial charge in [0.25, 0.3) is 0 Å². The van der Waals surface area contributed by atoms with Crippen molar-refractivity contribution in [2.45, 2.75) is 25.9 Å². The van der Waals surface area contributed by atoms with Gasteiger partial charge in [0.15, 0.2) is 0 Å². The number of para-hydroxylation sites is 1. The van der Waals surface area contributed by atoms with E-state index in [2.05, 4.69) is 47.1 Å². The predicted molar refractivity (Wildman–Crippen MR) is 73.9 cm³/mol. The second-order valence-electron chi connectivity index (χ2n) is 4.74. The first-order chi connectivity index (χ1) is 8.79. The summed E-state index contributed by atoms with van der Waals surface area (Å²) in [5.41, 5.74) is 9.26. The molecule has 0 saturated carbocycles. The van der Waals surface area contributed by atoms with E-state index in [4.69, 9.17) is 5.73 Å². The van der Waals surface area contributed by atoms with Crippen LogP contribution in [0.5, 0.6) is 0 Å². The molecule has 18 heavy (non-hydrogen) atoms. The maximum atomic E-state index is 5.67. The molecule has 3 rings (SSSR count). The van der Waals surface area contributed by atoms with Gasteiger partial charge < -0.3 is 10.6 Å². The van der Waals surface area contributed by atoms with Crippen LogP contribution in [0.1, 0.15) is 18.2 Å². The van der Waals surface area contributed by atoms with Gasteiger partial charge >= 0.3 is 0 Å². The molecule has 0 radical (unpaired) electrons. The Morgan fingerprint density at radius 1 is 1.22 bits per heavy atom. The van der Waals surface area contributed by atoms with Crippen LogP contribution >= 0.6 is 0 Å². The Balaban J connectivity index is 2.06. The van der Waals surface area contributed by atoms with E-state index in [-0.39, 0.29) is 0 Å². The van der Waals surface area contributed by atoms with E-state index >= 15 is 0 Å². The number of hydrogen-bond donors (Lipinski definition) is 1. The highest BCUT2D eigenvalue weighted by Crippen LogP contribution is 2.36. The van der Waals surface area contributed by atoms with E-state index in [1.54, 1.807) is 0 Å². The van der Waals surface area contributed by atoms with Gasteiger partial charge in [0.05, 0.1) is 5.69 Å². The molecular weight excluding hydrogens is 222 g/mol. The van der Waals surface area contributed by atoms with Crippen molar-refractivity contribution >= 4 is 11.5 Å². The number of aromatic nitrogens is 1. The minimum absolute atomic E-state index is 0.447. The number of nitrogens with zero attached hydrogens (tertiary/aromatic N) is 2. The lowest BCUT2D eigenvalue weighted by atomic mass is 10.1. The summed E-state index contributed by atoms with van der Waals surface area (Å²) in [6.45, 7) is 2.72. The molecule has 1 unspecified atom stereocenters. The van der Waals surface area contributed by atoms with Crippen molar-refractivity contribution in [1.29, 1.82) is 0 Å². The molecule has 3 heteroatoms. The summed E-state index contributed by atoms with van der Waals surface area (Å²) in [6.07, 6.45) is 1.07. The molecule has 2 heterocycles. The fraction of sp³-hybridized carbons (Fsp3) is 0.267. The zero-order valence-electron chi connectivity index (χ0n) is 10.5. The van der Waals surface area contributed by atoms with E-state index in [0.717, 1.165) is 17.9 Å². The van der Waals surface area contributed by atoms with Gasteiger partial charge in [0.1, 0.15) is 5.82 Å². The highest BCUT2D eigenvalue weighted by molar-refractivity contribution is 5.68. The average molecular weight is 239 g/mol. The molecule has 1 aromatic carbocycles. The highest BCUT2D eigenvalue weighted by Gasteiger charge is 2.27. The zero-order chi connectivity index (χ0) is 12.5. The first kappa shape index (κ1) is 11.2. The van der Waals surface area contributed by atoms with Crippen LogP contribution in [0, 0.1) is 0 Å². The topological polar surface area (TPSA) is 42.1 Å². The van der Waals surface area contributed by atoms with E-state index < -0.39 is 0 Å². The van der Waals surface area contributed by atoms with Gasteiger partial charge in [0, 0.05) is 18.3 Å². The van der Waals surface area contributed by atoms with Crippen LogP contribution in [0.3, 0.4) is 0 Å². The highest BCUT2D eigenvalue weighted by atomic mass is 15.2. The van der Waals surface area contributed by atoms with Crippen molar-refractivity contribution in [2.75, 3.05) is 4.90 Å². The van der Waals surface area contributed by atoms with Crippen molar-refractivity contribution < 1.29 is 0 Å². The van der Waals surface area contributed by atoms with Crippen molar-refractivity contribution in [1.82, 2.24) is 4.98 Å². The normalized spacial score (nSPS) is 17.9. The number of benzene rings is 1. The second-order valence-corrected chi connectivity index (χ2v) is 4.74. The summed E-state index contributed by atoms with van der Waals surface area (Å²) in [5, 5.41) is 0. The number of fused-ring (bicyclic) bond motifs is 1. The zero-order valence-corrected chi connectivity index (χ0v) is 10.5. The standard InChI is InChI=1S/C15H17N3/c1-11-9-12-5-2-3-7-14(12)18(11)15-8-4-6-13(10-16)17-15/h2-8,11H,9-10,16H2,1H3. The minimum Gasteiger partial charge on any atom is -0.325 e. The maximum absolute atomic E-state index is 5.67. The first-order valence-electron chi connectivity index (χ1n) is 6.32. The molecular formula is C15H17N3. The van der Waals surface area contributed by atoms with Gasteiger partial charge in [0.2, 0.25) is 0 Å². The Labute approximate surface area is 107 Å². The molecule has 0 spiro atoms. The Morgan fingerprint density at radius 3 is 2.89 bits per heavy atom. The molecule has 3 nitrogen and oxygen atoms in total. The second kappa shape index (κ2) is 4.42. The molecule has 0 bridgehead atoms. The van der Waals surface area contributed by atoms with Crippen LogP contribution in [0.15, 0.2) is 42.5 Å². The minimum atomic E-state index is 0.447. The van der Waals surface area contributed by atoms with E-state index in [1.807, 2.05) is 12.1 Å². The lowest BCUT2D eigenvalue weighted by Crippen LogP contribution is -2.25. The molecule has 0 amide bonds. The number of rotatable bonds is 2. The number of hydrogen-bond acceptors (Lipinski definition) is 3. The van der Waals surface area contributed by atoms with Crippen molar-refractivity contribution in [3.63, 3.8) is 0 Å². The summed E-state index contributed by atoms with van der Waals surface area (Å²) in [7, 11) is 0. The fourth-order valence-electron chi connectivity index (χ4n) is 2.63. The third-order valence-corrected chi connectivity index (χ3v) is 3.46. The van der Waals surface area contributed by atoms with Crippen LogP contribution in [-0.2, 0) is 13.0 Å². The van der Waals surface area contributed by atoms with E-state index in [1.165, 1.54) is 11.3 Å². The Morgan fingerprint density at radius 2 is 2.06 bits per heavy atom. The van der Waals surface area contributed by atoms with Gasteiger partial charge in [-0.05, 0) is 37.1 Å². The van der Waals surface area contributed by atoms with Crippen LogP contribution < -0.4 is 10.6 Å². The third kappa shape index (κ3) is 1.77. The van der Waals surface area contributed by atoms with Crippen LogP contribution in [0.4, 0.5) is 11.5 Å². The quantitative estimate of drug-likeness (QED) is 0.876. The van der Waals surface area contributed by atoms with Crippen LogP contribution in [0.25, 0.3) is 0 Å². The van der Waals surface area contributed by atoms with Crippen LogP contribution in [0.2, 0.25) is 0 Å². The monoisotopic (exact) mass is 239 g/mol. The van der Waals surface area contributed by atoms with Crippen molar-refractivity contribution in [3.05, 3.63) is 53.7 Å². The molecule has 92 valence electrons. The average Bonchev–Trinajstić information content (AvgIpc) is 2.74. The lowest BCUT2D eigenvalue weighted by Gasteiger charge is -2.24. The van der Waals surface area contributed by atoms with Gasteiger partial charge in [-0.25, -0.2) is 4.98 Å². The van der Waals surface area contributed by atoms with Crippen molar-refractivity contribution in [2.24, 2.45) is 5.73 Å². The summed E-state index contributed by atoms with van der Waals surface area (Å²) in [4.78, 5) is 6.92. The number of nitrogens with two attached hydrogens (primary N) is 1. The molecule has 2 N–H and O–H groups in total. The Hall–Kier alpha value is -1.87.